The van der Waals surface area contributed by atoms with E-state index in [0.717, 1.165) is 133 Å². The number of fused-ring (bicyclic) bond motifs is 17. The number of nitrogens with zero attached hydrogens (tertiary/aromatic N) is 2. The van der Waals surface area contributed by atoms with Crippen LogP contribution in [0.1, 0.15) is 0 Å². The van der Waals surface area contributed by atoms with Crippen LogP contribution in [0, 0.1) is 0 Å². The molecule has 336 valence electrons. The molecule has 0 bridgehead atoms. The number of benzene rings is 12. The number of anilines is 6. The van der Waals surface area contributed by atoms with Gasteiger partial charge in [-0.1, -0.05) is 97.1 Å². The molecule has 16 aromatic rings. The van der Waals surface area contributed by atoms with Gasteiger partial charge in [-0.25, -0.2) is 0 Å². The van der Waals surface area contributed by atoms with Gasteiger partial charge in [-0.3, -0.25) is 0 Å². The summed E-state index contributed by atoms with van der Waals surface area (Å²) >= 11 is 0. The van der Waals surface area contributed by atoms with Gasteiger partial charge < -0.3 is 27.5 Å². The third-order valence-corrected chi connectivity index (χ3v) is 14.7. The topological polar surface area (TPSA) is 59.0 Å². The summed E-state index contributed by atoms with van der Waals surface area (Å²) in [6.45, 7) is 0. The van der Waals surface area contributed by atoms with Crippen molar-refractivity contribution in [2.45, 2.75) is 0 Å². The van der Waals surface area contributed by atoms with Crippen LogP contribution < -0.4 is 9.80 Å². The van der Waals surface area contributed by atoms with Gasteiger partial charge in [0.25, 0.3) is 0 Å². The van der Waals surface area contributed by atoms with E-state index < -0.39 is 0 Å². The van der Waals surface area contributed by atoms with E-state index in [-0.39, 0.29) is 0 Å². The van der Waals surface area contributed by atoms with Crippen molar-refractivity contribution in [3.63, 3.8) is 0 Å². The number of hydrogen-bond acceptors (Lipinski definition) is 6. The first-order valence-electron chi connectivity index (χ1n) is 24.3. The molecule has 6 nitrogen and oxygen atoms in total. The molecular formula is C66H38N2O4. The van der Waals surface area contributed by atoms with E-state index >= 15 is 0 Å². The van der Waals surface area contributed by atoms with Crippen LogP contribution in [0.25, 0.3) is 120 Å². The second-order valence-corrected chi connectivity index (χ2v) is 18.8. The maximum absolute atomic E-state index is 6.66. The van der Waals surface area contributed by atoms with Gasteiger partial charge in [-0.05, 0) is 154 Å². The van der Waals surface area contributed by atoms with Crippen molar-refractivity contribution in [3.8, 4) is 0 Å². The average molecular weight is 923 g/mol. The molecule has 4 heterocycles. The Labute approximate surface area is 410 Å². The van der Waals surface area contributed by atoms with Crippen molar-refractivity contribution >= 4 is 154 Å². The van der Waals surface area contributed by atoms with Gasteiger partial charge in [0.05, 0.1) is 0 Å². The summed E-state index contributed by atoms with van der Waals surface area (Å²) in [5.41, 5.74) is 12.9. The standard InChI is InChI=1S/C66H38N2O4/c1-3-13-43(14-4-1)67(47-21-25-51-63(37-47)71-59-27-19-39-11-7-9-17-49(39)65(51)59)45-23-29-57-55(35-45)53-31-41-34-62-54(32-42(41)33-61(53)69-57)56-36-46(24-30-58(56)70-62)68(44-15-5-2-6-16-44)48-22-26-52-64(38-48)72-60-28-20-40-12-8-10-18-50(40)66(52)60/h1-38H. The molecule has 12 aromatic carbocycles. The van der Waals surface area contributed by atoms with E-state index in [0.29, 0.717) is 0 Å². The zero-order chi connectivity index (χ0) is 47.0. The van der Waals surface area contributed by atoms with Gasteiger partial charge >= 0.3 is 0 Å². The highest BCUT2D eigenvalue weighted by Gasteiger charge is 2.21. The minimum atomic E-state index is 0.825. The Morgan fingerprint density at radius 3 is 1.03 bits per heavy atom. The summed E-state index contributed by atoms with van der Waals surface area (Å²) in [6.07, 6.45) is 0. The Morgan fingerprint density at radius 1 is 0.194 bits per heavy atom. The Bertz CT molecular complexity index is 4580. The van der Waals surface area contributed by atoms with Crippen LogP contribution in [0.3, 0.4) is 0 Å². The largest absolute Gasteiger partial charge is 0.456 e. The van der Waals surface area contributed by atoms with Crippen molar-refractivity contribution in [2.24, 2.45) is 0 Å². The molecule has 0 saturated carbocycles. The molecule has 16 rings (SSSR count). The second kappa shape index (κ2) is 14.9. The lowest BCUT2D eigenvalue weighted by atomic mass is 10.0. The smallest absolute Gasteiger partial charge is 0.137 e. The predicted octanol–water partition coefficient (Wildman–Crippen LogP) is 19.7. The van der Waals surface area contributed by atoms with E-state index in [1.165, 1.54) is 21.5 Å². The second-order valence-electron chi connectivity index (χ2n) is 18.8. The van der Waals surface area contributed by atoms with Crippen LogP contribution in [-0.4, -0.2) is 0 Å². The Hall–Kier alpha value is -9.78. The molecule has 0 unspecified atom stereocenters. The summed E-state index contributed by atoms with van der Waals surface area (Å²) in [6, 6.07) is 81.3. The van der Waals surface area contributed by atoms with Crippen LogP contribution >= 0.6 is 0 Å². The van der Waals surface area contributed by atoms with E-state index in [2.05, 4.69) is 240 Å². The molecule has 0 atom stereocenters. The quantitative estimate of drug-likeness (QED) is 0.166. The maximum atomic E-state index is 6.66. The van der Waals surface area contributed by atoms with Crippen molar-refractivity contribution in [1.29, 1.82) is 0 Å². The molecule has 0 aliphatic heterocycles. The zero-order valence-corrected chi connectivity index (χ0v) is 38.5. The first-order chi connectivity index (χ1) is 35.6. The van der Waals surface area contributed by atoms with Crippen LogP contribution in [0.4, 0.5) is 34.1 Å². The SMILES string of the molecule is c1ccc(N(c2ccc3c(c2)oc2ccc4ccccc4c23)c2ccc3oc4cc5cc6c(cc5cc4c3c2)oc2ccc(N(c3ccccc3)c3ccc4c(c3)oc3ccc5ccccc5c34)cc26)cc1. The lowest BCUT2D eigenvalue weighted by Gasteiger charge is -2.25. The average Bonchev–Trinajstić information content (AvgIpc) is 4.20. The molecule has 0 N–H and O–H groups in total. The molecule has 0 fully saturated rings. The first-order valence-corrected chi connectivity index (χ1v) is 24.3. The van der Waals surface area contributed by atoms with Crippen molar-refractivity contribution in [1.82, 2.24) is 0 Å². The van der Waals surface area contributed by atoms with Crippen LogP contribution in [-0.2, 0) is 0 Å². The normalized spacial score (nSPS) is 12.2. The third kappa shape index (κ3) is 5.84. The van der Waals surface area contributed by atoms with E-state index in [9.17, 15) is 0 Å². The first kappa shape index (κ1) is 39.1. The number of para-hydroxylation sites is 2. The number of rotatable bonds is 6. The predicted molar refractivity (Wildman–Crippen MR) is 297 cm³/mol. The maximum Gasteiger partial charge on any atom is 0.137 e. The molecule has 0 aliphatic rings. The van der Waals surface area contributed by atoms with Gasteiger partial charge in [0.1, 0.15) is 44.7 Å². The Kier molecular flexibility index (Phi) is 8.07. The van der Waals surface area contributed by atoms with E-state index in [4.69, 9.17) is 17.7 Å². The monoisotopic (exact) mass is 922 g/mol. The van der Waals surface area contributed by atoms with Gasteiger partial charge in [0.15, 0.2) is 0 Å². The van der Waals surface area contributed by atoms with E-state index in [1.807, 2.05) is 0 Å². The minimum Gasteiger partial charge on any atom is -0.456 e. The fourth-order valence-electron chi connectivity index (χ4n) is 11.4. The van der Waals surface area contributed by atoms with Gasteiger partial charge in [-0.2, -0.15) is 0 Å². The highest BCUT2D eigenvalue weighted by Crippen LogP contribution is 2.45. The van der Waals surface area contributed by atoms with Gasteiger partial charge in [-0.15, -0.1) is 0 Å². The summed E-state index contributed by atoms with van der Waals surface area (Å²) in [5, 5.41) is 15.5. The van der Waals surface area contributed by atoms with Crippen molar-refractivity contribution < 1.29 is 17.7 Å². The highest BCUT2D eigenvalue weighted by molar-refractivity contribution is 6.21. The highest BCUT2D eigenvalue weighted by atomic mass is 16.3. The fourth-order valence-corrected chi connectivity index (χ4v) is 11.4. The molecule has 6 heteroatoms. The lowest BCUT2D eigenvalue weighted by molar-refractivity contribution is 0.668. The number of furan rings is 4. The Morgan fingerprint density at radius 2 is 0.556 bits per heavy atom. The molecule has 72 heavy (non-hydrogen) atoms. The third-order valence-electron chi connectivity index (χ3n) is 14.7. The van der Waals surface area contributed by atoms with Crippen LogP contribution in [0.5, 0.6) is 0 Å². The van der Waals surface area contributed by atoms with Crippen LogP contribution in [0.15, 0.2) is 248 Å². The molecule has 0 spiro atoms. The minimum absolute atomic E-state index is 0.825. The molecular weight excluding hydrogens is 885 g/mol. The number of hydrogen-bond donors (Lipinski definition) is 0. The van der Waals surface area contributed by atoms with Crippen molar-refractivity contribution in [2.75, 3.05) is 9.80 Å². The molecule has 0 radical (unpaired) electrons. The molecule has 4 aromatic heterocycles. The molecule has 0 aliphatic carbocycles. The molecule has 0 amide bonds. The van der Waals surface area contributed by atoms with Crippen LogP contribution in [0.2, 0.25) is 0 Å². The van der Waals surface area contributed by atoms with Gasteiger partial charge in [0, 0.05) is 89.3 Å². The van der Waals surface area contributed by atoms with Crippen molar-refractivity contribution in [3.05, 3.63) is 231 Å². The zero-order valence-electron chi connectivity index (χ0n) is 38.5. The summed E-state index contributed by atoms with van der Waals surface area (Å²) in [4.78, 5) is 4.57. The molecule has 0 saturated heterocycles. The summed E-state index contributed by atoms with van der Waals surface area (Å²) in [7, 11) is 0. The fraction of sp³-hybridized carbons (Fsp3) is 0. The summed E-state index contributed by atoms with van der Waals surface area (Å²) < 4.78 is 26.4. The summed E-state index contributed by atoms with van der Waals surface area (Å²) in [5.74, 6) is 0. The Balaban J connectivity index is 0.804. The van der Waals surface area contributed by atoms with Gasteiger partial charge in [0.2, 0.25) is 0 Å². The van der Waals surface area contributed by atoms with E-state index in [1.54, 1.807) is 0 Å². The lowest BCUT2D eigenvalue weighted by Crippen LogP contribution is -2.09.